The van der Waals surface area contributed by atoms with Gasteiger partial charge in [-0.15, -0.1) is 0 Å². The molecule has 0 spiro atoms. The molecule has 4 aromatic heterocycles. The van der Waals surface area contributed by atoms with Crippen molar-refractivity contribution in [1.29, 1.82) is 0 Å². The molecule has 4 nitrogen and oxygen atoms in total. The average molecular weight is 1170 g/mol. The highest BCUT2D eigenvalue weighted by Gasteiger charge is 2.48. The van der Waals surface area contributed by atoms with E-state index in [0.717, 1.165) is 5.69 Å². The maximum atomic E-state index is 2.67. The first kappa shape index (κ1) is 49.8. The summed E-state index contributed by atoms with van der Waals surface area (Å²) in [5.74, 6) is 0. The second-order valence-electron chi connectivity index (χ2n) is 27.8. The summed E-state index contributed by atoms with van der Waals surface area (Å²) in [7, 11) is 0. The Hall–Kier alpha value is -11.1. The molecule has 14 aromatic carbocycles. The van der Waals surface area contributed by atoms with Gasteiger partial charge in [0.25, 0.3) is 0 Å². The Morgan fingerprint density at radius 3 is 1.64 bits per heavy atom. The number of rotatable bonds is 3. The highest BCUT2D eigenvalue weighted by Crippen LogP contribution is 2.50. The predicted octanol–water partition coefficient (Wildman–Crippen LogP) is 17.0. The molecule has 0 N–H and O–H groups in total. The topological polar surface area (TPSA) is 19.7 Å². The Labute approximate surface area is 531 Å². The van der Waals surface area contributed by atoms with Crippen molar-refractivity contribution >= 4 is 155 Å². The largest absolute Gasteiger partial charge is 0.310 e. The van der Waals surface area contributed by atoms with E-state index in [-0.39, 0.29) is 18.8 Å². The molecule has 0 bridgehead atoms. The lowest BCUT2D eigenvalue weighted by Crippen LogP contribution is -2.63. The van der Waals surface area contributed by atoms with Gasteiger partial charge in [-0.3, -0.25) is 0 Å². The van der Waals surface area contributed by atoms with Crippen molar-refractivity contribution in [1.82, 2.24) is 18.3 Å². The summed E-state index contributed by atoms with van der Waals surface area (Å²) in [6, 6.07) is 103. The molecular weight excluding hydrogens is 1110 g/mol. The summed E-state index contributed by atoms with van der Waals surface area (Å²) in [5, 5.41) is 15.5. The number of nitrogens with zero attached hydrogens (tertiary/aromatic N) is 4. The number of para-hydroxylation sites is 6. The van der Waals surface area contributed by atoms with Gasteiger partial charge in [0.2, 0.25) is 13.4 Å². The normalized spacial score (nSPS) is 14.7. The first-order chi connectivity index (χ1) is 45.2. The fourth-order valence-electron chi connectivity index (χ4n) is 19.2. The van der Waals surface area contributed by atoms with Crippen molar-refractivity contribution in [2.45, 2.75) is 38.5 Å². The zero-order valence-electron chi connectivity index (χ0n) is 51.3. The van der Waals surface area contributed by atoms with E-state index < -0.39 is 5.41 Å². The van der Waals surface area contributed by atoms with Crippen molar-refractivity contribution in [2.75, 3.05) is 0 Å². The zero-order chi connectivity index (χ0) is 60.4. The molecule has 18 aromatic rings. The molecule has 0 aliphatic carbocycles. The van der Waals surface area contributed by atoms with Crippen LogP contribution in [0.1, 0.15) is 49.9 Å². The van der Waals surface area contributed by atoms with Crippen LogP contribution in [-0.2, 0) is 10.8 Å². The third kappa shape index (κ3) is 5.90. The number of hydrogen-bond donors (Lipinski definition) is 0. The predicted molar refractivity (Wildman–Crippen MR) is 391 cm³/mol. The summed E-state index contributed by atoms with van der Waals surface area (Å²) in [6.07, 6.45) is 0. The van der Waals surface area contributed by atoms with Crippen LogP contribution in [0.3, 0.4) is 0 Å². The molecule has 22 rings (SSSR count). The van der Waals surface area contributed by atoms with Gasteiger partial charge >= 0.3 is 0 Å². The molecule has 4 aliphatic rings. The third-order valence-corrected chi connectivity index (χ3v) is 22.8. The molecule has 8 heterocycles. The van der Waals surface area contributed by atoms with Gasteiger partial charge in [-0.1, -0.05) is 233 Å². The average Bonchev–Trinajstić information content (AvgIpc) is 1.34. The van der Waals surface area contributed by atoms with Crippen molar-refractivity contribution in [3.05, 3.63) is 289 Å². The second kappa shape index (κ2) is 17.0. The van der Waals surface area contributed by atoms with Crippen LogP contribution in [0.5, 0.6) is 0 Å². The number of fused-ring (bicyclic) bond motifs is 25. The van der Waals surface area contributed by atoms with Crippen molar-refractivity contribution in [3.8, 4) is 33.9 Å². The third-order valence-electron chi connectivity index (χ3n) is 22.8. The van der Waals surface area contributed by atoms with E-state index in [1.807, 2.05) is 0 Å². The van der Waals surface area contributed by atoms with Gasteiger partial charge in [0.1, 0.15) is 0 Å². The lowest BCUT2D eigenvalue weighted by molar-refractivity contribution is 0.646. The minimum Gasteiger partial charge on any atom is -0.310 e. The Bertz CT molecular complexity index is 6450. The molecule has 0 radical (unpaired) electrons. The highest BCUT2D eigenvalue weighted by atomic mass is 15.0. The molecular formula is C86H56B2N4. The Kier molecular flexibility index (Phi) is 9.22. The van der Waals surface area contributed by atoms with Crippen molar-refractivity contribution in [2.24, 2.45) is 0 Å². The highest BCUT2D eigenvalue weighted by molar-refractivity contribution is 7.00. The zero-order valence-corrected chi connectivity index (χ0v) is 51.3. The van der Waals surface area contributed by atoms with Gasteiger partial charge in [0.15, 0.2) is 0 Å². The molecule has 4 aliphatic heterocycles. The summed E-state index contributed by atoms with van der Waals surface area (Å²) in [4.78, 5) is 0. The van der Waals surface area contributed by atoms with E-state index in [1.54, 1.807) is 0 Å². The Morgan fingerprint density at radius 2 is 0.848 bits per heavy atom. The Balaban J connectivity index is 0.843. The summed E-state index contributed by atoms with van der Waals surface area (Å²) < 4.78 is 10.3. The molecule has 0 saturated heterocycles. The molecule has 92 heavy (non-hydrogen) atoms. The summed E-state index contributed by atoms with van der Waals surface area (Å²) >= 11 is 0. The lowest BCUT2D eigenvalue weighted by Gasteiger charge is -2.42. The van der Waals surface area contributed by atoms with E-state index in [2.05, 4.69) is 313 Å². The maximum Gasteiger partial charge on any atom is 0.247 e. The molecule has 0 amide bonds. The number of benzene rings is 14. The Morgan fingerprint density at radius 1 is 0.283 bits per heavy atom. The number of aromatic nitrogens is 4. The quantitative estimate of drug-likeness (QED) is 0.157. The maximum absolute atomic E-state index is 2.67. The number of hydrogen-bond acceptors (Lipinski definition) is 0. The fraction of sp³-hybridized carbons (Fsp3) is 0.0698. The van der Waals surface area contributed by atoms with Crippen LogP contribution < -0.4 is 32.8 Å². The molecule has 0 fully saturated rings. The SMILES string of the molecule is CC1(C)c2cc3c(cc2B2c4c(cccc41)-n1c4ccccc4c4cccc2c41)c1c2cccc(-c4cc5c6c(c4)C(C)(C)c4c(ccc7c4c4ccccc4n7-c4ccccc4)B6c4cccc6c7c8ccccc8ccc7n-5c46)c2ccc1n3-c1ccccc1. The molecule has 0 atom stereocenters. The van der Waals surface area contributed by atoms with Crippen LogP contribution >= 0.6 is 0 Å². The van der Waals surface area contributed by atoms with Crippen LogP contribution in [0.25, 0.3) is 143 Å². The van der Waals surface area contributed by atoms with Gasteiger partial charge in [-0.05, 0) is 150 Å². The minimum absolute atomic E-state index is 0.00167. The second-order valence-corrected chi connectivity index (χ2v) is 27.8. The van der Waals surface area contributed by atoms with Crippen LogP contribution in [0.2, 0.25) is 0 Å². The van der Waals surface area contributed by atoms with Crippen molar-refractivity contribution < 1.29 is 0 Å². The molecule has 6 heteroatoms. The monoisotopic (exact) mass is 1170 g/mol. The molecule has 0 unspecified atom stereocenters. The first-order valence-corrected chi connectivity index (χ1v) is 32.7. The van der Waals surface area contributed by atoms with Gasteiger partial charge in [-0.2, -0.15) is 0 Å². The molecule has 426 valence electrons. The standard InChI is InChI=1S/C86H56B2N4/c1-85(2)62-33-20-38-74-81(62)88(66-34-18-31-58-56-27-13-15-36-69(56)91(74)83(58)66)68-47-61-75(48-63(68)85)90(52-24-9-6-10-25-52)71-43-40-55-53(29-17-30-57(55)78(61)71)50-45-64-82-76(46-50)92-72-42-39-49-21-11-12-26-54(49)77(72)60-32-19-35-67(84(60)92)87(82)65-41-44-73-79(80(65)86(64,3)4)59-28-14-16-37-70(59)89(73)51-22-7-5-8-23-51/h5-48H,1-4H3. The van der Waals surface area contributed by atoms with Gasteiger partial charge in [0, 0.05) is 87.7 Å². The van der Waals surface area contributed by atoms with Gasteiger partial charge < -0.3 is 18.3 Å². The van der Waals surface area contributed by atoms with E-state index >= 15 is 0 Å². The minimum atomic E-state index is -0.428. The van der Waals surface area contributed by atoms with Crippen LogP contribution in [0, 0.1) is 0 Å². The summed E-state index contributed by atoms with van der Waals surface area (Å²) in [5.41, 5.74) is 30.7. The van der Waals surface area contributed by atoms with Gasteiger partial charge in [0.05, 0.1) is 33.1 Å². The van der Waals surface area contributed by atoms with Gasteiger partial charge in [-0.25, -0.2) is 0 Å². The van der Waals surface area contributed by atoms with E-state index in [1.165, 1.54) is 192 Å². The first-order valence-electron chi connectivity index (χ1n) is 32.7. The van der Waals surface area contributed by atoms with E-state index in [4.69, 9.17) is 0 Å². The molecule has 0 saturated carbocycles. The fourth-order valence-corrected chi connectivity index (χ4v) is 19.2. The van der Waals surface area contributed by atoms with Crippen molar-refractivity contribution in [3.63, 3.8) is 0 Å². The lowest BCUT2D eigenvalue weighted by atomic mass is 9.30. The van der Waals surface area contributed by atoms with E-state index in [0.29, 0.717) is 0 Å². The van der Waals surface area contributed by atoms with E-state index in [9.17, 15) is 0 Å². The summed E-state index contributed by atoms with van der Waals surface area (Å²) in [6.45, 7) is 10.0. The van der Waals surface area contributed by atoms with Crippen LogP contribution in [0.4, 0.5) is 0 Å². The van der Waals surface area contributed by atoms with Crippen LogP contribution in [0.15, 0.2) is 267 Å². The van der Waals surface area contributed by atoms with Crippen LogP contribution in [-0.4, -0.2) is 31.7 Å². The smallest absolute Gasteiger partial charge is 0.247 e.